The first-order valence-electron chi connectivity index (χ1n) is 4.98. The Morgan fingerprint density at radius 3 is 3.19 bits per heavy atom. The molecule has 1 heterocycles. The van der Waals surface area contributed by atoms with Crippen LogP contribution in [-0.4, -0.2) is 21.7 Å². The Hall–Kier alpha value is -1.49. The average molecular weight is 236 g/mol. The highest BCUT2D eigenvalue weighted by Gasteiger charge is 2.03. The summed E-state index contributed by atoms with van der Waals surface area (Å²) in [7, 11) is 0. The van der Waals surface area contributed by atoms with Crippen LogP contribution in [0.25, 0.3) is 11.0 Å². The summed E-state index contributed by atoms with van der Waals surface area (Å²) in [5.74, 6) is 0.290. The molecule has 0 amide bonds. The molecule has 0 bridgehead atoms. The highest BCUT2D eigenvalue weighted by molar-refractivity contribution is 7.80. The molecule has 0 saturated carbocycles. The molecule has 0 unspecified atom stereocenters. The molecule has 2 aromatic rings. The average Bonchev–Trinajstić information content (AvgIpc) is 2.74. The number of aromatic nitrogens is 2. The van der Waals surface area contributed by atoms with E-state index in [2.05, 4.69) is 22.6 Å². The summed E-state index contributed by atoms with van der Waals surface area (Å²) in [4.78, 5) is 18.3. The van der Waals surface area contributed by atoms with E-state index in [1.54, 1.807) is 6.33 Å². The Morgan fingerprint density at radius 1 is 1.50 bits per heavy atom. The van der Waals surface area contributed by atoms with Gasteiger partial charge in [0.15, 0.2) is 0 Å². The van der Waals surface area contributed by atoms with Crippen LogP contribution in [0.3, 0.4) is 0 Å². The summed E-state index contributed by atoms with van der Waals surface area (Å²) in [5, 5.41) is 0. The van der Waals surface area contributed by atoms with Crippen molar-refractivity contribution in [2.75, 3.05) is 5.75 Å². The number of thiol groups is 1. The molecule has 5 heteroatoms. The van der Waals surface area contributed by atoms with Crippen molar-refractivity contribution in [1.82, 2.24) is 9.97 Å². The Balaban J connectivity index is 2.01. The maximum atomic E-state index is 11.1. The molecular formula is C11H12N2O2S. The molecule has 84 valence electrons. The number of imidazole rings is 1. The summed E-state index contributed by atoms with van der Waals surface area (Å²) < 4.78 is 5.07. The molecule has 0 atom stereocenters. The summed E-state index contributed by atoms with van der Waals surface area (Å²) >= 11 is 3.97. The van der Waals surface area contributed by atoms with Gasteiger partial charge in [0.25, 0.3) is 0 Å². The third-order valence-electron chi connectivity index (χ3n) is 2.20. The Morgan fingerprint density at radius 2 is 2.38 bits per heavy atom. The second-order valence-corrected chi connectivity index (χ2v) is 3.84. The number of nitrogens with one attached hydrogen (secondary N) is 1. The SMILES string of the molecule is O=C(CCS)OCc1ccc2nc[nH]c2c1. The van der Waals surface area contributed by atoms with Crippen molar-refractivity contribution in [3.8, 4) is 0 Å². The van der Waals surface area contributed by atoms with Gasteiger partial charge >= 0.3 is 5.97 Å². The molecular weight excluding hydrogens is 224 g/mol. The van der Waals surface area contributed by atoms with Gasteiger partial charge in [0, 0.05) is 5.75 Å². The molecule has 0 radical (unpaired) electrons. The van der Waals surface area contributed by atoms with Crippen molar-refractivity contribution in [2.24, 2.45) is 0 Å². The summed E-state index contributed by atoms with van der Waals surface area (Å²) in [5.41, 5.74) is 2.80. The smallest absolute Gasteiger partial charge is 0.306 e. The lowest BCUT2D eigenvalue weighted by molar-refractivity contribution is -0.144. The summed E-state index contributed by atoms with van der Waals surface area (Å²) in [6, 6.07) is 5.72. The zero-order valence-electron chi connectivity index (χ0n) is 8.64. The van der Waals surface area contributed by atoms with Crippen LogP contribution in [0.5, 0.6) is 0 Å². The predicted octanol–water partition coefficient (Wildman–Crippen LogP) is 1.93. The second kappa shape index (κ2) is 5.03. The first-order valence-corrected chi connectivity index (χ1v) is 5.61. The van der Waals surface area contributed by atoms with Gasteiger partial charge in [-0.25, -0.2) is 4.98 Å². The van der Waals surface area contributed by atoms with Crippen LogP contribution in [0.2, 0.25) is 0 Å². The number of hydrogen-bond donors (Lipinski definition) is 2. The van der Waals surface area contributed by atoms with Crippen LogP contribution < -0.4 is 0 Å². The predicted molar refractivity (Wildman–Crippen MR) is 64.4 cm³/mol. The van der Waals surface area contributed by atoms with E-state index in [4.69, 9.17) is 4.74 Å². The van der Waals surface area contributed by atoms with Crippen LogP contribution in [0, 0.1) is 0 Å². The van der Waals surface area contributed by atoms with Gasteiger partial charge < -0.3 is 9.72 Å². The number of esters is 1. The third-order valence-corrected chi connectivity index (χ3v) is 2.42. The number of fused-ring (bicyclic) bond motifs is 1. The fourth-order valence-electron chi connectivity index (χ4n) is 1.40. The number of H-pyrrole nitrogens is 1. The van der Waals surface area contributed by atoms with E-state index in [1.165, 1.54) is 0 Å². The zero-order valence-corrected chi connectivity index (χ0v) is 9.54. The Bertz CT molecular complexity index is 495. The summed E-state index contributed by atoms with van der Waals surface area (Å²) in [6.45, 7) is 0.293. The number of benzene rings is 1. The Labute approximate surface area is 98.4 Å². The molecule has 0 spiro atoms. The quantitative estimate of drug-likeness (QED) is 0.630. The van der Waals surface area contributed by atoms with Crippen molar-refractivity contribution < 1.29 is 9.53 Å². The van der Waals surface area contributed by atoms with Gasteiger partial charge in [0.05, 0.1) is 23.8 Å². The number of rotatable bonds is 4. The van der Waals surface area contributed by atoms with E-state index in [9.17, 15) is 4.79 Å². The lowest BCUT2D eigenvalue weighted by atomic mass is 10.2. The van der Waals surface area contributed by atoms with Gasteiger partial charge in [-0.1, -0.05) is 6.07 Å². The maximum Gasteiger partial charge on any atom is 0.306 e. The van der Waals surface area contributed by atoms with Crippen molar-refractivity contribution in [2.45, 2.75) is 13.0 Å². The van der Waals surface area contributed by atoms with E-state index >= 15 is 0 Å². The van der Waals surface area contributed by atoms with Gasteiger partial charge in [-0.3, -0.25) is 4.79 Å². The summed E-state index contributed by atoms with van der Waals surface area (Å²) in [6.07, 6.45) is 1.98. The minimum Gasteiger partial charge on any atom is -0.461 e. The fourth-order valence-corrected chi connectivity index (χ4v) is 1.58. The molecule has 0 aliphatic rings. The maximum absolute atomic E-state index is 11.1. The third kappa shape index (κ3) is 2.55. The molecule has 0 fully saturated rings. The molecule has 16 heavy (non-hydrogen) atoms. The number of carbonyl (C=O) groups excluding carboxylic acids is 1. The lowest BCUT2D eigenvalue weighted by Gasteiger charge is -2.03. The lowest BCUT2D eigenvalue weighted by Crippen LogP contribution is -2.04. The first-order chi connectivity index (χ1) is 7.79. The molecule has 0 saturated heterocycles. The second-order valence-electron chi connectivity index (χ2n) is 3.39. The zero-order chi connectivity index (χ0) is 11.4. The molecule has 1 aromatic carbocycles. The van der Waals surface area contributed by atoms with Gasteiger partial charge in [-0.15, -0.1) is 0 Å². The van der Waals surface area contributed by atoms with Gasteiger partial charge in [0.1, 0.15) is 6.61 Å². The van der Waals surface area contributed by atoms with E-state index in [0.717, 1.165) is 16.6 Å². The van der Waals surface area contributed by atoms with Crippen molar-refractivity contribution in [3.63, 3.8) is 0 Å². The van der Waals surface area contributed by atoms with Crippen LogP contribution >= 0.6 is 12.6 Å². The number of carbonyl (C=O) groups is 1. The highest BCUT2D eigenvalue weighted by Crippen LogP contribution is 2.12. The van der Waals surface area contributed by atoms with Crippen molar-refractivity contribution >= 4 is 29.6 Å². The number of ether oxygens (including phenoxy) is 1. The molecule has 0 aliphatic carbocycles. The van der Waals surface area contributed by atoms with E-state index < -0.39 is 0 Å². The molecule has 0 aliphatic heterocycles. The first kappa shape index (κ1) is 11.0. The van der Waals surface area contributed by atoms with E-state index in [1.807, 2.05) is 18.2 Å². The number of hydrogen-bond acceptors (Lipinski definition) is 4. The molecule has 4 nitrogen and oxygen atoms in total. The van der Waals surface area contributed by atoms with Gasteiger partial charge in [-0.2, -0.15) is 12.6 Å². The monoisotopic (exact) mass is 236 g/mol. The van der Waals surface area contributed by atoms with Crippen LogP contribution in [0.15, 0.2) is 24.5 Å². The van der Waals surface area contributed by atoms with Crippen molar-refractivity contribution in [3.05, 3.63) is 30.1 Å². The number of nitrogens with zero attached hydrogens (tertiary/aromatic N) is 1. The minimum absolute atomic E-state index is 0.222. The standard InChI is InChI=1S/C11H12N2O2S/c14-11(3-4-16)15-6-8-1-2-9-10(5-8)13-7-12-9/h1-2,5,7,16H,3-4,6H2,(H,12,13). The van der Waals surface area contributed by atoms with Crippen LogP contribution in [0.1, 0.15) is 12.0 Å². The molecule has 1 N–H and O–H groups in total. The molecule has 1 aromatic heterocycles. The van der Waals surface area contributed by atoms with Gasteiger partial charge in [0.2, 0.25) is 0 Å². The van der Waals surface area contributed by atoms with Gasteiger partial charge in [-0.05, 0) is 17.7 Å². The van der Waals surface area contributed by atoms with E-state index in [0.29, 0.717) is 18.8 Å². The topological polar surface area (TPSA) is 55.0 Å². The largest absolute Gasteiger partial charge is 0.461 e. The van der Waals surface area contributed by atoms with Crippen molar-refractivity contribution in [1.29, 1.82) is 0 Å². The van der Waals surface area contributed by atoms with Crippen LogP contribution in [0.4, 0.5) is 0 Å². The van der Waals surface area contributed by atoms with E-state index in [-0.39, 0.29) is 5.97 Å². The highest BCUT2D eigenvalue weighted by atomic mass is 32.1. The Kier molecular flexibility index (Phi) is 3.46. The minimum atomic E-state index is -0.222. The molecule has 2 rings (SSSR count). The van der Waals surface area contributed by atoms with Crippen LogP contribution in [-0.2, 0) is 16.1 Å². The number of aromatic amines is 1. The normalized spacial score (nSPS) is 10.6. The fraction of sp³-hybridized carbons (Fsp3) is 0.273.